The molecule has 0 radical (unpaired) electrons. The number of hydrogen-bond donors (Lipinski definition) is 0. The zero-order valence-corrected chi connectivity index (χ0v) is 11.4. The number of rotatable bonds is 2. The Morgan fingerprint density at radius 3 is 2.62 bits per heavy atom. The standard InChI is InChI=1S/C12H14INO2/c1-16-11-5-4-9(8-10(11)13)12(15)14-6-2-3-7-14/h4-5,8H,2-3,6-7H2,1H3. The molecule has 1 aliphatic heterocycles. The fourth-order valence-electron chi connectivity index (χ4n) is 1.90. The first kappa shape index (κ1) is 11.7. The number of methoxy groups -OCH3 is 1. The highest BCUT2D eigenvalue weighted by molar-refractivity contribution is 14.1. The third-order valence-corrected chi connectivity index (χ3v) is 3.64. The summed E-state index contributed by atoms with van der Waals surface area (Å²) in [6.07, 6.45) is 2.25. The summed E-state index contributed by atoms with van der Waals surface area (Å²) >= 11 is 2.19. The van der Waals surface area contributed by atoms with Crippen LogP contribution in [0.15, 0.2) is 18.2 Å². The van der Waals surface area contributed by atoms with E-state index in [0.29, 0.717) is 0 Å². The van der Waals surface area contributed by atoms with Gasteiger partial charge in [0.25, 0.3) is 5.91 Å². The van der Waals surface area contributed by atoms with Crippen molar-refractivity contribution in [2.24, 2.45) is 0 Å². The first-order chi connectivity index (χ1) is 7.72. The molecule has 0 spiro atoms. The molecule has 2 rings (SSSR count). The van der Waals surface area contributed by atoms with Crippen LogP contribution in [0.25, 0.3) is 0 Å². The van der Waals surface area contributed by atoms with E-state index in [1.54, 1.807) is 7.11 Å². The highest BCUT2D eigenvalue weighted by Gasteiger charge is 2.19. The van der Waals surface area contributed by atoms with Gasteiger partial charge in [0.15, 0.2) is 0 Å². The maximum absolute atomic E-state index is 12.1. The lowest BCUT2D eigenvalue weighted by atomic mass is 10.2. The van der Waals surface area contributed by atoms with Gasteiger partial charge < -0.3 is 9.64 Å². The lowest BCUT2D eigenvalue weighted by Crippen LogP contribution is -2.27. The molecular weight excluding hydrogens is 317 g/mol. The van der Waals surface area contributed by atoms with E-state index in [1.165, 1.54) is 0 Å². The smallest absolute Gasteiger partial charge is 0.253 e. The molecule has 1 aromatic carbocycles. The Bertz CT molecular complexity index is 400. The van der Waals surface area contributed by atoms with E-state index >= 15 is 0 Å². The first-order valence-corrected chi connectivity index (χ1v) is 6.43. The van der Waals surface area contributed by atoms with Crippen molar-refractivity contribution in [3.05, 3.63) is 27.3 Å². The average molecular weight is 331 g/mol. The predicted octanol–water partition coefficient (Wildman–Crippen LogP) is 2.54. The van der Waals surface area contributed by atoms with Gasteiger partial charge in [0.1, 0.15) is 5.75 Å². The lowest BCUT2D eigenvalue weighted by Gasteiger charge is -2.15. The Morgan fingerprint density at radius 1 is 1.38 bits per heavy atom. The van der Waals surface area contributed by atoms with Crippen LogP contribution in [0, 0.1) is 3.57 Å². The van der Waals surface area contributed by atoms with Crippen LogP contribution >= 0.6 is 22.6 Å². The zero-order chi connectivity index (χ0) is 11.5. The van der Waals surface area contributed by atoms with Gasteiger partial charge in [-0.15, -0.1) is 0 Å². The molecule has 0 aromatic heterocycles. The van der Waals surface area contributed by atoms with Crippen molar-refractivity contribution in [1.29, 1.82) is 0 Å². The normalized spacial score (nSPS) is 15.2. The number of amides is 1. The number of benzene rings is 1. The molecular formula is C12H14INO2. The molecule has 16 heavy (non-hydrogen) atoms. The van der Waals surface area contributed by atoms with Crippen molar-refractivity contribution in [3.63, 3.8) is 0 Å². The largest absolute Gasteiger partial charge is 0.496 e. The Morgan fingerprint density at radius 2 is 2.06 bits per heavy atom. The van der Waals surface area contributed by atoms with E-state index < -0.39 is 0 Å². The Balaban J connectivity index is 2.20. The summed E-state index contributed by atoms with van der Waals surface area (Å²) in [6, 6.07) is 5.58. The fourth-order valence-corrected chi connectivity index (χ4v) is 2.64. The highest BCUT2D eigenvalue weighted by atomic mass is 127. The topological polar surface area (TPSA) is 29.5 Å². The van der Waals surface area contributed by atoms with E-state index in [9.17, 15) is 4.79 Å². The van der Waals surface area contributed by atoms with Crippen LogP contribution in [0.3, 0.4) is 0 Å². The molecule has 4 heteroatoms. The van der Waals surface area contributed by atoms with Gasteiger partial charge in [-0.05, 0) is 53.6 Å². The number of ether oxygens (including phenoxy) is 1. The number of carbonyl (C=O) groups excluding carboxylic acids is 1. The minimum Gasteiger partial charge on any atom is -0.496 e. The summed E-state index contributed by atoms with van der Waals surface area (Å²) in [5.74, 6) is 0.955. The summed E-state index contributed by atoms with van der Waals surface area (Å²) in [4.78, 5) is 14.0. The monoisotopic (exact) mass is 331 g/mol. The summed E-state index contributed by atoms with van der Waals surface area (Å²) in [7, 11) is 1.64. The van der Waals surface area contributed by atoms with E-state index in [-0.39, 0.29) is 5.91 Å². The number of likely N-dealkylation sites (tertiary alicyclic amines) is 1. The lowest BCUT2D eigenvalue weighted by molar-refractivity contribution is 0.0792. The minimum absolute atomic E-state index is 0.137. The third kappa shape index (κ3) is 2.31. The van der Waals surface area contributed by atoms with Gasteiger partial charge in [-0.1, -0.05) is 0 Å². The van der Waals surface area contributed by atoms with Gasteiger partial charge >= 0.3 is 0 Å². The van der Waals surface area contributed by atoms with Crippen LogP contribution in [0.1, 0.15) is 23.2 Å². The number of carbonyl (C=O) groups is 1. The van der Waals surface area contributed by atoms with Gasteiger partial charge in [0.05, 0.1) is 10.7 Å². The molecule has 1 heterocycles. The van der Waals surface area contributed by atoms with E-state index in [0.717, 1.165) is 40.8 Å². The molecule has 1 aromatic rings. The molecule has 0 aliphatic carbocycles. The second kappa shape index (κ2) is 5.03. The summed E-state index contributed by atoms with van der Waals surface area (Å²) in [5, 5.41) is 0. The van der Waals surface area contributed by atoms with E-state index in [4.69, 9.17) is 4.74 Å². The quantitative estimate of drug-likeness (QED) is 0.780. The van der Waals surface area contributed by atoms with Gasteiger partial charge in [-0.2, -0.15) is 0 Å². The van der Waals surface area contributed by atoms with Crippen molar-refractivity contribution in [2.75, 3.05) is 20.2 Å². The number of hydrogen-bond acceptors (Lipinski definition) is 2. The molecule has 3 nitrogen and oxygen atoms in total. The molecule has 0 bridgehead atoms. The van der Waals surface area contributed by atoms with Crippen molar-refractivity contribution in [1.82, 2.24) is 4.90 Å². The molecule has 0 unspecified atom stereocenters. The van der Waals surface area contributed by atoms with Crippen LogP contribution < -0.4 is 4.74 Å². The van der Waals surface area contributed by atoms with Crippen molar-refractivity contribution in [2.45, 2.75) is 12.8 Å². The first-order valence-electron chi connectivity index (χ1n) is 5.35. The van der Waals surface area contributed by atoms with Crippen molar-refractivity contribution < 1.29 is 9.53 Å². The van der Waals surface area contributed by atoms with Crippen LogP contribution in [0.4, 0.5) is 0 Å². The van der Waals surface area contributed by atoms with E-state index in [1.807, 2.05) is 23.1 Å². The Kier molecular flexibility index (Phi) is 3.68. The third-order valence-electron chi connectivity index (χ3n) is 2.79. The van der Waals surface area contributed by atoms with Gasteiger partial charge in [0.2, 0.25) is 0 Å². The maximum Gasteiger partial charge on any atom is 0.253 e. The van der Waals surface area contributed by atoms with Gasteiger partial charge in [0, 0.05) is 18.7 Å². The van der Waals surface area contributed by atoms with Crippen molar-refractivity contribution in [3.8, 4) is 5.75 Å². The van der Waals surface area contributed by atoms with Crippen LogP contribution in [0.2, 0.25) is 0 Å². The molecule has 86 valence electrons. The molecule has 1 amide bonds. The van der Waals surface area contributed by atoms with E-state index in [2.05, 4.69) is 22.6 Å². The predicted molar refractivity (Wildman–Crippen MR) is 70.8 cm³/mol. The fraction of sp³-hybridized carbons (Fsp3) is 0.417. The second-order valence-corrected chi connectivity index (χ2v) is 5.01. The van der Waals surface area contributed by atoms with Crippen LogP contribution in [-0.2, 0) is 0 Å². The summed E-state index contributed by atoms with van der Waals surface area (Å²) in [5.41, 5.74) is 0.757. The molecule has 1 fully saturated rings. The SMILES string of the molecule is COc1ccc(C(=O)N2CCCC2)cc1I. The molecule has 0 atom stereocenters. The van der Waals surface area contributed by atoms with Gasteiger partial charge in [-0.25, -0.2) is 0 Å². The minimum atomic E-state index is 0.137. The maximum atomic E-state index is 12.1. The zero-order valence-electron chi connectivity index (χ0n) is 9.20. The molecule has 1 saturated heterocycles. The van der Waals surface area contributed by atoms with Crippen molar-refractivity contribution >= 4 is 28.5 Å². The van der Waals surface area contributed by atoms with Gasteiger partial charge in [-0.3, -0.25) is 4.79 Å². The summed E-state index contributed by atoms with van der Waals surface area (Å²) < 4.78 is 6.15. The number of halogens is 1. The summed E-state index contributed by atoms with van der Waals surface area (Å²) in [6.45, 7) is 1.78. The average Bonchev–Trinajstić information content (AvgIpc) is 2.81. The Labute approximate surface area is 109 Å². The highest BCUT2D eigenvalue weighted by Crippen LogP contribution is 2.23. The van der Waals surface area contributed by atoms with Crippen LogP contribution in [0.5, 0.6) is 5.75 Å². The van der Waals surface area contributed by atoms with Crippen LogP contribution in [-0.4, -0.2) is 31.0 Å². The Hall–Kier alpha value is -0.780. The number of nitrogens with zero attached hydrogens (tertiary/aromatic N) is 1. The molecule has 0 N–H and O–H groups in total. The second-order valence-electron chi connectivity index (χ2n) is 3.85. The molecule has 1 aliphatic rings. The molecule has 0 saturated carbocycles.